The van der Waals surface area contributed by atoms with Gasteiger partial charge >= 0.3 is 11.8 Å². The van der Waals surface area contributed by atoms with Crippen molar-refractivity contribution in [1.82, 2.24) is 15.2 Å². The van der Waals surface area contributed by atoms with Crippen LogP contribution in [-0.4, -0.2) is 48.0 Å². The minimum atomic E-state index is -0.577. The van der Waals surface area contributed by atoms with Gasteiger partial charge in [-0.25, -0.2) is 0 Å². The molecule has 1 fully saturated rings. The fourth-order valence-electron chi connectivity index (χ4n) is 2.07. The zero-order chi connectivity index (χ0) is 14.5. The second-order valence-electron chi connectivity index (χ2n) is 4.84. The smallest absolute Gasteiger partial charge is 0.312 e. The third-order valence-corrected chi connectivity index (χ3v) is 3.29. The third-order valence-electron chi connectivity index (χ3n) is 3.29. The lowest BCUT2D eigenvalue weighted by Gasteiger charge is -2.26. The maximum atomic E-state index is 11.9. The molecule has 1 aliphatic heterocycles. The van der Waals surface area contributed by atoms with Crippen molar-refractivity contribution in [2.24, 2.45) is 0 Å². The van der Waals surface area contributed by atoms with Crippen LogP contribution in [0.3, 0.4) is 0 Å². The SMILES string of the molecule is Cc1cc(C)c(CNC(=O)C(=O)N2CCOCC2)cn1. The first-order chi connectivity index (χ1) is 9.58. The molecule has 2 amide bonds. The number of amides is 2. The molecule has 6 nitrogen and oxygen atoms in total. The van der Waals surface area contributed by atoms with Gasteiger partial charge < -0.3 is 15.0 Å². The van der Waals surface area contributed by atoms with E-state index in [-0.39, 0.29) is 0 Å². The Balaban J connectivity index is 1.89. The van der Waals surface area contributed by atoms with Crippen LogP contribution in [0, 0.1) is 13.8 Å². The molecule has 1 aromatic heterocycles. The van der Waals surface area contributed by atoms with E-state index in [2.05, 4.69) is 10.3 Å². The molecular weight excluding hydrogens is 258 g/mol. The summed E-state index contributed by atoms with van der Waals surface area (Å²) in [5, 5.41) is 2.65. The standard InChI is InChI=1S/C14H19N3O3/c1-10-7-11(2)15-8-12(10)9-16-13(18)14(19)17-3-5-20-6-4-17/h7-8H,3-6,9H2,1-2H3,(H,16,18). The van der Waals surface area contributed by atoms with E-state index in [0.29, 0.717) is 32.8 Å². The number of nitrogens with zero attached hydrogens (tertiary/aromatic N) is 2. The summed E-state index contributed by atoms with van der Waals surface area (Å²) in [7, 11) is 0. The molecule has 1 saturated heterocycles. The van der Waals surface area contributed by atoms with E-state index in [0.717, 1.165) is 16.8 Å². The highest BCUT2D eigenvalue weighted by Gasteiger charge is 2.23. The quantitative estimate of drug-likeness (QED) is 0.782. The highest BCUT2D eigenvalue weighted by atomic mass is 16.5. The molecule has 0 radical (unpaired) electrons. The van der Waals surface area contributed by atoms with Crippen LogP contribution < -0.4 is 5.32 Å². The van der Waals surface area contributed by atoms with Gasteiger partial charge in [-0.15, -0.1) is 0 Å². The van der Waals surface area contributed by atoms with Crippen LogP contribution in [0.5, 0.6) is 0 Å². The van der Waals surface area contributed by atoms with Gasteiger partial charge in [0, 0.05) is 31.5 Å². The van der Waals surface area contributed by atoms with Crippen LogP contribution in [0.1, 0.15) is 16.8 Å². The summed E-state index contributed by atoms with van der Waals surface area (Å²) >= 11 is 0. The molecule has 0 saturated carbocycles. The Kier molecular flexibility index (Phi) is 4.68. The minimum absolute atomic E-state index is 0.314. The highest BCUT2D eigenvalue weighted by molar-refractivity contribution is 6.34. The summed E-state index contributed by atoms with van der Waals surface area (Å²) in [5.41, 5.74) is 2.90. The van der Waals surface area contributed by atoms with Crippen molar-refractivity contribution in [3.8, 4) is 0 Å². The number of morpholine rings is 1. The minimum Gasteiger partial charge on any atom is -0.378 e. The Morgan fingerprint density at radius 1 is 1.35 bits per heavy atom. The van der Waals surface area contributed by atoms with E-state index in [9.17, 15) is 9.59 Å². The maximum absolute atomic E-state index is 11.9. The Labute approximate surface area is 118 Å². The average molecular weight is 277 g/mol. The monoisotopic (exact) mass is 277 g/mol. The van der Waals surface area contributed by atoms with Crippen LogP contribution in [0.4, 0.5) is 0 Å². The first kappa shape index (κ1) is 14.5. The van der Waals surface area contributed by atoms with Crippen LogP contribution in [0.25, 0.3) is 0 Å². The summed E-state index contributed by atoms with van der Waals surface area (Å²) in [6, 6.07) is 1.95. The van der Waals surface area contributed by atoms with Crippen LogP contribution >= 0.6 is 0 Å². The lowest BCUT2D eigenvalue weighted by Crippen LogP contribution is -2.47. The zero-order valence-electron chi connectivity index (χ0n) is 11.8. The molecule has 0 unspecified atom stereocenters. The van der Waals surface area contributed by atoms with Gasteiger partial charge in [0.05, 0.1) is 13.2 Å². The normalized spacial score (nSPS) is 15.0. The first-order valence-corrected chi connectivity index (χ1v) is 6.65. The second-order valence-corrected chi connectivity index (χ2v) is 4.84. The fraction of sp³-hybridized carbons (Fsp3) is 0.500. The molecule has 0 atom stereocenters. The van der Waals surface area contributed by atoms with Crippen molar-refractivity contribution in [2.75, 3.05) is 26.3 Å². The zero-order valence-corrected chi connectivity index (χ0v) is 11.8. The number of aromatic nitrogens is 1. The second kappa shape index (κ2) is 6.47. The number of pyridine rings is 1. The van der Waals surface area contributed by atoms with E-state index < -0.39 is 11.8 Å². The molecule has 108 valence electrons. The summed E-state index contributed by atoms with van der Waals surface area (Å²) in [6.07, 6.45) is 1.73. The molecule has 20 heavy (non-hydrogen) atoms. The molecule has 2 rings (SSSR count). The van der Waals surface area contributed by atoms with Crippen LogP contribution in [-0.2, 0) is 20.9 Å². The summed E-state index contributed by atoms with van der Waals surface area (Å²) in [6.45, 7) is 6.10. The molecule has 0 aromatic carbocycles. The number of hydrogen-bond donors (Lipinski definition) is 1. The number of carbonyl (C=O) groups is 2. The number of hydrogen-bond acceptors (Lipinski definition) is 4. The molecule has 0 bridgehead atoms. The maximum Gasteiger partial charge on any atom is 0.312 e. The molecule has 1 aliphatic rings. The van der Waals surface area contributed by atoms with Gasteiger partial charge in [0.1, 0.15) is 0 Å². The summed E-state index contributed by atoms with van der Waals surface area (Å²) in [5.74, 6) is -1.07. The number of rotatable bonds is 2. The van der Waals surface area contributed by atoms with Gasteiger partial charge in [0.15, 0.2) is 0 Å². The average Bonchev–Trinajstić information content (AvgIpc) is 2.46. The predicted octanol–water partition coefficient (Wildman–Crippen LogP) is 0.173. The van der Waals surface area contributed by atoms with Crippen molar-refractivity contribution < 1.29 is 14.3 Å². The first-order valence-electron chi connectivity index (χ1n) is 6.65. The van der Waals surface area contributed by atoms with Gasteiger partial charge in [-0.05, 0) is 31.0 Å². The van der Waals surface area contributed by atoms with Crippen molar-refractivity contribution in [2.45, 2.75) is 20.4 Å². The Morgan fingerprint density at radius 2 is 2.05 bits per heavy atom. The molecule has 0 aliphatic carbocycles. The Hall–Kier alpha value is -1.95. The van der Waals surface area contributed by atoms with E-state index in [1.165, 1.54) is 4.90 Å². The number of aryl methyl sites for hydroxylation is 2. The fourth-order valence-corrected chi connectivity index (χ4v) is 2.07. The van der Waals surface area contributed by atoms with Gasteiger partial charge in [-0.1, -0.05) is 0 Å². The van der Waals surface area contributed by atoms with Crippen molar-refractivity contribution >= 4 is 11.8 Å². The van der Waals surface area contributed by atoms with E-state index in [1.807, 2.05) is 19.9 Å². The van der Waals surface area contributed by atoms with Crippen LogP contribution in [0.15, 0.2) is 12.3 Å². The molecular formula is C14H19N3O3. The van der Waals surface area contributed by atoms with Crippen molar-refractivity contribution in [3.63, 3.8) is 0 Å². The van der Waals surface area contributed by atoms with Gasteiger partial charge in [0.2, 0.25) is 0 Å². The van der Waals surface area contributed by atoms with E-state index in [4.69, 9.17) is 4.74 Å². The van der Waals surface area contributed by atoms with Gasteiger partial charge in [-0.3, -0.25) is 14.6 Å². The molecule has 0 spiro atoms. The van der Waals surface area contributed by atoms with Gasteiger partial charge in [-0.2, -0.15) is 0 Å². The predicted molar refractivity (Wildman–Crippen MR) is 73.0 cm³/mol. The highest BCUT2D eigenvalue weighted by Crippen LogP contribution is 2.07. The summed E-state index contributed by atoms with van der Waals surface area (Å²) in [4.78, 5) is 29.4. The molecule has 1 aromatic rings. The van der Waals surface area contributed by atoms with Crippen molar-refractivity contribution in [1.29, 1.82) is 0 Å². The largest absolute Gasteiger partial charge is 0.378 e. The molecule has 6 heteroatoms. The third kappa shape index (κ3) is 3.54. The summed E-state index contributed by atoms with van der Waals surface area (Å²) < 4.78 is 5.15. The Morgan fingerprint density at radius 3 is 2.70 bits per heavy atom. The lowest BCUT2D eigenvalue weighted by atomic mass is 10.1. The number of nitrogens with one attached hydrogen (secondary N) is 1. The lowest BCUT2D eigenvalue weighted by molar-refractivity contribution is -0.148. The van der Waals surface area contributed by atoms with E-state index in [1.54, 1.807) is 6.20 Å². The van der Waals surface area contributed by atoms with Crippen LogP contribution in [0.2, 0.25) is 0 Å². The number of carbonyl (C=O) groups excluding carboxylic acids is 2. The van der Waals surface area contributed by atoms with Gasteiger partial charge in [0.25, 0.3) is 0 Å². The van der Waals surface area contributed by atoms with E-state index >= 15 is 0 Å². The van der Waals surface area contributed by atoms with Crippen molar-refractivity contribution in [3.05, 3.63) is 29.1 Å². The number of ether oxygens (including phenoxy) is 1. The topological polar surface area (TPSA) is 71.5 Å². The molecule has 2 heterocycles. The Bertz CT molecular complexity index is 510. The molecule has 1 N–H and O–H groups in total.